The molecule has 170 valence electrons. The van der Waals surface area contributed by atoms with E-state index in [-0.39, 0.29) is 46.5 Å². The fourth-order valence-corrected chi connectivity index (χ4v) is 3.84. The standard InChI is InChI=1S/C22H24ClFN4O4/c23-17-5-6-19(20(13-17)28(31)32)26-21(29)14-27-11-8-16(9-12-27)22(30)25-10-7-15-3-1-2-4-18(15)24/h1-6,13,16H,7-12,14H2,(H,25,30)(H,26,29). The van der Waals surface area contributed by atoms with Gasteiger partial charge in [0.2, 0.25) is 11.8 Å². The lowest BCUT2D eigenvalue weighted by Crippen LogP contribution is -2.43. The van der Waals surface area contributed by atoms with Crippen LogP contribution in [-0.4, -0.2) is 47.8 Å². The molecule has 0 radical (unpaired) electrons. The number of benzene rings is 2. The Balaban J connectivity index is 1.41. The second-order valence-corrected chi connectivity index (χ2v) is 8.09. The van der Waals surface area contributed by atoms with Crippen molar-refractivity contribution < 1.29 is 18.9 Å². The molecule has 8 nitrogen and oxygen atoms in total. The van der Waals surface area contributed by atoms with E-state index in [2.05, 4.69) is 10.6 Å². The topological polar surface area (TPSA) is 105 Å². The summed E-state index contributed by atoms with van der Waals surface area (Å²) < 4.78 is 13.6. The van der Waals surface area contributed by atoms with E-state index in [0.717, 1.165) is 0 Å². The van der Waals surface area contributed by atoms with Crippen molar-refractivity contribution in [2.45, 2.75) is 19.3 Å². The summed E-state index contributed by atoms with van der Waals surface area (Å²) in [6, 6.07) is 10.5. The van der Waals surface area contributed by atoms with Gasteiger partial charge in [-0.1, -0.05) is 29.8 Å². The van der Waals surface area contributed by atoms with Crippen molar-refractivity contribution in [1.29, 1.82) is 0 Å². The molecule has 0 unspecified atom stereocenters. The Labute approximate surface area is 189 Å². The molecule has 2 N–H and O–H groups in total. The van der Waals surface area contributed by atoms with E-state index in [9.17, 15) is 24.1 Å². The predicted octanol–water partition coefficient (Wildman–Crippen LogP) is 3.40. The second-order valence-electron chi connectivity index (χ2n) is 7.65. The monoisotopic (exact) mass is 462 g/mol. The normalized spacial score (nSPS) is 14.7. The third-order valence-electron chi connectivity index (χ3n) is 5.41. The Bertz CT molecular complexity index is 996. The maximum absolute atomic E-state index is 13.6. The van der Waals surface area contributed by atoms with Crippen LogP contribution in [0.3, 0.4) is 0 Å². The number of hydrogen-bond donors (Lipinski definition) is 2. The van der Waals surface area contributed by atoms with Gasteiger partial charge >= 0.3 is 0 Å². The fraction of sp³-hybridized carbons (Fsp3) is 0.364. The molecule has 10 heteroatoms. The number of anilines is 1. The molecule has 1 aliphatic rings. The lowest BCUT2D eigenvalue weighted by atomic mass is 9.96. The summed E-state index contributed by atoms with van der Waals surface area (Å²) in [5.74, 6) is -0.880. The zero-order valence-corrected chi connectivity index (χ0v) is 18.1. The second kappa shape index (κ2) is 11.0. The van der Waals surface area contributed by atoms with E-state index in [4.69, 9.17) is 11.6 Å². The van der Waals surface area contributed by atoms with E-state index in [0.29, 0.717) is 44.5 Å². The van der Waals surface area contributed by atoms with Crippen molar-refractivity contribution in [3.05, 3.63) is 69.0 Å². The summed E-state index contributed by atoms with van der Waals surface area (Å²) in [5, 5.41) is 16.8. The minimum Gasteiger partial charge on any atom is -0.356 e. The number of nitro benzene ring substituents is 1. The van der Waals surface area contributed by atoms with Crippen LogP contribution < -0.4 is 10.6 Å². The van der Waals surface area contributed by atoms with E-state index >= 15 is 0 Å². The smallest absolute Gasteiger partial charge is 0.294 e. The average molecular weight is 463 g/mol. The molecule has 2 aromatic rings. The molecular weight excluding hydrogens is 439 g/mol. The summed E-state index contributed by atoms with van der Waals surface area (Å²) in [4.78, 5) is 37.2. The van der Waals surface area contributed by atoms with Crippen LogP contribution in [0.2, 0.25) is 5.02 Å². The van der Waals surface area contributed by atoms with Gasteiger partial charge in [-0.15, -0.1) is 0 Å². The molecule has 0 bridgehead atoms. The average Bonchev–Trinajstić information content (AvgIpc) is 2.76. The van der Waals surface area contributed by atoms with Gasteiger partial charge in [0, 0.05) is 23.6 Å². The van der Waals surface area contributed by atoms with E-state index in [1.807, 2.05) is 4.90 Å². The number of rotatable bonds is 8. The molecule has 2 aromatic carbocycles. The SMILES string of the molecule is O=C(CN1CCC(C(=O)NCCc2ccccc2F)CC1)Nc1ccc(Cl)cc1[N+](=O)[O-]. The predicted molar refractivity (Wildman–Crippen MR) is 119 cm³/mol. The van der Waals surface area contributed by atoms with Gasteiger partial charge in [-0.25, -0.2) is 4.39 Å². The highest BCUT2D eigenvalue weighted by atomic mass is 35.5. The van der Waals surface area contributed by atoms with Crippen LogP contribution in [0.1, 0.15) is 18.4 Å². The summed E-state index contributed by atoms with van der Waals surface area (Å²) in [7, 11) is 0. The first-order valence-electron chi connectivity index (χ1n) is 10.3. The van der Waals surface area contributed by atoms with Crippen molar-refractivity contribution in [2.75, 3.05) is 31.5 Å². The van der Waals surface area contributed by atoms with Gasteiger partial charge < -0.3 is 10.6 Å². The van der Waals surface area contributed by atoms with Gasteiger partial charge in [-0.2, -0.15) is 0 Å². The molecule has 1 saturated heterocycles. The maximum Gasteiger partial charge on any atom is 0.294 e. The van der Waals surface area contributed by atoms with Gasteiger partial charge in [0.15, 0.2) is 0 Å². The first kappa shape index (κ1) is 23.6. The first-order valence-corrected chi connectivity index (χ1v) is 10.7. The number of nitrogens with one attached hydrogen (secondary N) is 2. The molecule has 2 amide bonds. The van der Waals surface area contributed by atoms with Crippen LogP contribution >= 0.6 is 11.6 Å². The molecule has 1 fully saturated rings. The minimum atomic E-state index is -0.599. The van der Waals surface area contributed by atoms with Crippen molar-refractivity contribution in [3.8, 4) is 0 Å². The van der Waals surface area contributed by atoms with Crippen molar-refractivity contribution in [1.82, 2.24) is 10.2 Å². The lowest BCUT2D eigenvalue weighted by molar-refractivity contribution is -0.383. The highest BCUT2D eigenvalue weighted by Gasteiger charge is 2.26. The Hall–Kier alpha value is -3.04. The molecule has 0 aromatic heterocycles. The largest absolute Gasteiger partial charge is 0.356 e. The Morgan fingerprint density at radius 3 is 2.59 bits per heavy atom. The van der Waals surface area contributed by atoms with Crippen LogP contribution in [0.4, 0.5) is 15.8 Å². The number of piperidine rings is 1. The van der Waals surface area contributed by atoms with Gasteiger partial charge in [-0.3, -0.25) is 24.6 Å². The lowest BCUT2D eigenvalue weighted by Gasteiger charge is -2.30. The third-order valence-corrected chi connectivity index (χ3v) is 5.64. The molecule has 1 aliphatic heterocycles. The number of nitro groups is 1. The van der Waals surface area contributed by atoms with Gasteiger partial charge in [0.05, 0.1) is 11.5 Å². The Morgan fingerprint density at radius 2 is 1.91 bits per heavy atom. The van der Waals surface area contributed by atoms with Gasteiger partial charge in [-0.05, 0) is 56.1 Å². The van der Waals surface area contributed by atoms with E-state index in [1.165, 1.54) is 24.3 Å². The molecule has 0 atom stereocenters. The summed E-state index contributed by atoms with van der Waals surface area (Å²) >= 11 is 5.79. The van der Waals surface area contributed by atoms with Crippen LogP contribution in [-0.2, 0) is 16.0 Å². The highest BCUT2D eigenvalue weighted by molar-refractivity contribution is 6.31. The van der Waals surface area contributed by atoms with Gasteiger partial charge in [0.1, 0.15) is 11.5 Å². The first-order chi connectivity index (χ1) is 15.3. The minimum absolute atomic E-state index is 0.0674. The molecule has 1 heterocycles. The van der Waals surface area contributed by atoms with Crippen LogP contribution in [0.15, 0.2) is 42.5 Å². The molecule has 0 spiro atoms. The molecule has 0 aliphatic carbocycles. The van der Waals surface area contributed by atoms with Gasteiger partial charge in [0.25, 0.3) is 5.69 Å². The summed E-state index contributed by atoms with van der Waals surface area (Å²) in [6.45, 7) is 1.55. The van der Waals surface area contributed by atoms with E-state index < -0.39 is 4.92 Å². The number of carbonyl (C=O) groups excluding carboxylic acids is 2. The number of likely N-dealkylation sites (tertiary alicyclic amines) is 1. The van der Waals surface area contributed by atoms with Crippen molar-refractivity contribution in [2.24, 2.45) is 5.92 Å². The zero-order valence-electron chi connectivity index (χ0n) is 17.4. The van der Waals surface area contributed by atoms with Crippen LogP contribution in [0, 0.1) is 21.8 Å². The zero-order chi connectivity index (χ0) is 23.1. The van der Waals surface area contributed by atoms with Crippen molar-refractivity contribution in [3.63, 3.8) is 0 Å². The molecule has 0 saturated carbocycles. The third kappa shape index (κ3) is 6.48. The number of carbonyl (C=O) groups is 2. The summed E-state index contributed by atoms with van der Waals surface area (Å²) in [5.41, 5.74) is 0.389. The highest BCUT2D eigenvalue weighted by Crippen LogP contribution is 2.27. The van der Waals surface area contributed by atoms with Crippen LogP contribution in [0.5, 0.6) is 0 Å². The quantitative estimate of drug-likeness (QED) is 0.462. The molecular formula is C22H24ClFN4O4. The Kier molecular flexibility index (Phi) is 8.13. The van der Waals surface area contributed by atoms with Crippen LogP contribution in [0.25, 0.3) is 0 Å². The molecule has 3 rings (SSSR count). The number of nitrogens with zero attached hydrogens (tertiary/aromatic N) is 2. The fourth-order valence-electron chi connectivity index (χ4n) is 3.67. The number of hydrogen-bond acceptors (Lipinski definition) is 5. The number of amides is 2. The number of halogens is 2. The molecule has 32 heavy (non-hydrogen) atoms. The summed E-state index contributed by atoms with van der Waals surface area (Å²) in [6.07, 6.45) is 1.62. The van der Waals surface area contributed by atoms with E-state index in [1.54, 1.807) is 18.2 Å². The Morgan fingerprint density at radius 1 is 1.19 bits per heavy atom. The van der Waals surface area contributed by atoms with Crippen molar-refractivity contribution >= 4 is 34.8 Å². The maximum atomic E-state index is 13.6.